The molecule has 0 saturated carbocycles. The van der Waals surface area contributed by atoms with Crippen LogP contribution in [0.15, 0.2) is 5.38 Å². The molecule has 1 aliphatic rings. The number of hydrogen-bond donors (Lipinski definition) is 2. The van der Waals surface area contributed by atoms with Crippen LogP contribution in [-0.2, 0) is 16.8 Å². The molecule has 25 heavy (non-hydrogen) atoms. The van der Waals surface area contributed by atoms with Gasteiger partial charge in [0.05, 0.1) is 16.8 Å². The number of thiazole rings is 1. The second-order valence-electron chi connectivity index (χ2n) is 7.28. The van der Waals surface area contributed by atoms with Crippen molar-refractivity contribution in [3.05, 3.63) is 32.1 Å². The van der Waals surface area contributed by atoms with E-state index in [-0.39, 0.29) is 5.91 Å². The Bertz CT molecular complexity index is 865. The molecule has 0 atom stereocenters. The minimum absolute atomic E-state index is 0.336. The first-order valence-electron chi connectivity index (χ1n) is 7.90. The summed E-state index contributed by atoms with van der Waals surface area (Å²) in [7, 11) is 0. The maximum Gasteiger partial charge on any atom is 0.285 e. The van der Waals surface area contributed by atoms with Crippen molar-refractivity contribution in [3.8, 4) is 0 Å². The summed E-state index contributed by atoms with van der Waals surface area (Å²) in [5.41, 5.74) is 6.69. The van der Waals surface area contributed by atoms with E-state index in [1.165, 1.54) is 22.7 Å². The first-order chi connectivity index (χ1) is 11.5. The third kappa shape index (κ3) is 3.33. The van der Waals surface area contributed by atoms with Gasteiger partial charge in [-0.05, 0) is 40.2 Å². The second kappa shape index (κ2) is 5.89. The van der Waals surface area contributed by atoms with Crippen molar-refractivity contribution in [1.82, 2.24) is 4.98 Å². The van der Waals surface area contributed by atoms with Gasteiger partial charge in [0.15, 0.2) is 5.01 Å². The lowest BCUT2D eigenvalue weighted by molar-refractivity contribution is -0.135. The van der Waals surface area contributed by atoms with E-state index in [1.807, 2.05) is 40.0 Å². The van der Waals surface area contributed by atoms with Gasteiger partial charge in [-0.25, -0.2) is 4.98 Å². The Morgan fingerprint density at radius 3 is 2.56 bits per heavy atom. The van der Waals surface area contributed by atoms with E-state index < -0.39 is 17.1 Å². The van der Waals surface area contributed by atoms with Gasteiger partial charge in [0.25, 0.3) is 11.8 Å². The van der Waals surface area contributed by atoms with Crippen molar-refractivity contribution in [3.63, 3.8) is 0 Å². The van der Waals surface area contributed by atoms with E-state index in [0.29, 0.717) is 22.0 Å². The second-order valence-corrected chi connectivity index (χ2v) is 9.15. The minimum Gasteiger partial charge on any atom is -0.365 e. The number of hydrogen-bond acceptors (Lipinski definition) is 6. The lowest BCUT2D eigenvalue weighted by atomic mass is 9.86. The van der Waals surface area contributed by atoms with Crippen molar-refractivity contribution >= 4 is 39.5 Å². The average Bonchev–Trinajstić information content (AvgIpc) is 3.01. The van der Waals surface area contributed by atoms with Gasteiger partial charge in [0.1, 0.15) is 5.00 Å². The zero-order valence-corrected chi connectivity index (χ0v) is 16.5. The first-order valence-corrected chi connectivity index (χ1v) is 9.59. The van der Waals surface area contributed by atoms with E-state index in [9.17, 15) is 9.59 Å². The fraction of sp³-hybridized carbons (Fsp3) is 0.471. The standard InChI is InChI=1S/C17H21N3O3S2/c1-8-7-24-15(19-8)13(22)20-14-10(12(18)21)9-6-16(2,3)23-17(4,5)11(9)25-14/h7H,6H2,1-5H3,(H2,18,21)(H,20,22). The summed E-state index contributed by atoms with van der Waals surface area (Å²) in [6.45, 7) is 9.72. The fourth-order valence-corrected chi connectivity index (χ4v) is 5.23. The third-order valence-electron chi connectivity index (χ3n) is 3.97. The third-order valence-corrected chi connectivity index (χ3v) is 6.39. The molecule has 0 saturated heterocycles. The van der Waals surface area contributed by atoms with E-state index in [4.69, 9.17) is 10.5 Å². The number of anilines is 1. The highest BCUT2D eigenvalue weighted by atomic mass is 32.1. The summed E-state index contributed by atoms with van der Waals surface area (Å²) in [6.07, 6.45) is 0.562. The molecule has 6 nitrogen and oxygen atoms in total. The van der Waals surface area contributed by atoms with Crippen LogP contribution in [0.25, 0.3) is 0 Å². The number of fused-ring (bicyclic) bond motifs is 1. The largest absolute Gasteiger partial charge is 0.365 e. The maximum atomic E-state index is 12.5. The van der Waals surface area contributed by atoms with E-state index in [2.05, 4.69) is 10.3 Å². The number of amides is 2. The highest BCUT2D eigenvalue weighted by Crippen LogP contribution is 2.48. The van der Waals surface area contributed by atoms with Crippen LogP contribution >= 0.6 is 22.7 Å². The molecule has 3 heterocycles. The average molecular weight is 380 g/mol. The summed E-state index contributed by atoms with van der Waals surface area (Å²) in [5.74, 6) is -0.881. The van der Waals surface area contributed by atoms with Crippen molar-refractivity contribution in [2.75, 3.05) is 5.32 Å². The zero-order valence-electron chi connectivity index (χ0n) is 14.9. The van der Waals surface area contributed by atoms with Crippen molar-refractivity contribution in [1.29, 1.82) is 0 Å². The lowest BCUT2D eigenvalue weighted by Crippen LogP contribution is -2.42. The van der Waals surface area contributed by atoms with Crippen LogP contribution in [0.2, 0.25) is 0 Å². The number of ether oxygens (including phenoxy) is 1. The van der Waals surface area contributed by atoms with E-state index >= 15 is 0 Å². The molecule has 1 aliphatic heterocycles. The van der Waals surface area contributed by atoms with Crippen LogP contribution in [0.4, 0.5) is 5.00 Å². The quantitative estimate of drug-likeness (QED) is 0.854. The number of aryl methyl sites for hydroxylation is 1. The molecule has 0 aromatic carbocycles. The fourth-order valence-electron chi connectivity index (χ4n) is 3.28. The monoisotopic (exact) mass is 379 g/mol. The Hall–Kier alpha value is -1.77. The molecule has 0 bridgehead atoms. The normalized spacial score (nSPS) is 17.8. The Kier molecular flexibility index (Phi) is 4.25. The summed E-state index contributed by atoms with van der Waals surface area (Å²) < 4.78 is 6.16. The molecule has 2 aromatic heterocycles. The zero-order chi connectivity index (χ0) is 18.6. The Morgan fingerprint density at radius 2 is 2.00 bits per heavy atom. The number of aromatic nitrogens is 1. The van der Waals surface area contributed by atoms with Crippen molar-refractivity contribution < 1.29 is 14.3 Å². The number of nitrogens with two attached hydrogens (primary N) is 1. The summed E-state index contributed by atoms with van der Waals surface area (Å²) in [4.78, 5) is 29.7. The number of nitrogens with one attached hydrogen (secondary N) is 1. The molecule has 8 heteroatoms. The van der Waals surface area contributed by atoms with Crippen LogP contribution in [0.1, 0.15) is 64.0 Å². The summed E-state index contributed by atoms with van der Waals surface area (Å²) in [5, 5.41) is 5.44. The smallest absolute Gasteiger partial charge is 0.285 e. The Morgan fingerprint density at radius 1 is 1.32 bits per heavy atom. The molecule has 0 fully saturated rings. The summed E-state index contributed by atoms with van der Waals surface area (Å²) >= 11 is 2.61. The Balaban J connectivity index is 2.05. The van der Waals surface area contributed by atoms with Crippen LogP contribution < -0.4 is 11.1 Å². The molecule has 0 spiro atoms. The van der Waals surface area contributed by atoms with E-state index in [1.54, 1.807) is 0 Å². The highest BCUT2D eigenvalue weighted by molar-refractivity contribution is 7.17. The molecule has 2 amide bonds. The van der Waals surface area contributed by atoms with Gasteiger partial charge in [-0.15, -0.1) is 22.7 Å². The number of rotatable bonds is 3. The van der Waals surface area contributed by atoms with Crippen LogP contribution in [0, 0.1) is 6.92 Å². The molecule has 3 rings (SSSR count). The molecule has 2 aromatic rings. The molecule has 0 radical (unpaired) electrons. The van der Waals surface area contributed by atoms with Crippen molar-refractivity contribution in [2.24, 2.45) is 5.73 Å². The van der Waals surface area contributed by atoms with Gasteiger partial charge in [-0.2, -0.15) is 0 Å². The number of nitrogens with zero attached hydrogens (tertiary/aromatic N) is 1. The number of primary amides is 1. The molecule has 3 N–H and O–H groups in total. The predicted molar refractivity (Wildman–Crippen MR) is 99.5 cm³/mol. The number of carbonyl (C=O) groups excluding carboxylic acids is 2. The topological polar surface area (TPSA) is 94.3 Å². The SMILES string of the molecule is Cc1csc(C(=O)Nc2sc3c(c2C(N)=O)CC(C)(C)OC3(C)C)n1. The first kappa shape index (κ1) is 18.0. The molecule has 0 unspecified atom stereocenters. The number of carbonyl (C=O) groups is 2. The van der Waals surface area contributed by atoms with Crippen LogP contribution in [-0.4, -0.2) is 22.4 Å². The summed E-state index contributed by atoms with van der Waals surface area (Å²) in [6, 6.07) is 0. The molecule has 134 valence electrons. The van der Waals surface area contributed by atoms with Gasteiger partial charge < -0.3 is 15.8 Å². The molecular formula is C17H21N3O3S2. The van der Waals surface area contributed by atoms with Gasteiger partial charge in [0.2, 0.25) is 0 Å². The molecule has 0 aliphatic carbocycles. The van der Waals surface area contributed by atoms with Gasteiger partial charge >= 0.3 is 0 Å². The van der Waals surface area contributed by atoms with E-state index in [0.717, 1.165) is 16.1 Å². The number of thiophene rings is 1. The lowest BCUT2D eigenvalue weighted by Gasteiger charge is -2.41. The predicted octanol–water partition coefficient (Wildman–Crippen LogP) is 3.45. The Labute approximate surface area is 154 Å². The van der Waals surface area contributed by atoms with Crippen LogP contribution in [0.5, 0.6) is 0 Å². The molecular weight excluding hydrogens is 358 g/mol. The van der Waals surface area contributed by atoms with Crippen LogP contribution in [0.3, 0.4) is 0 Å². The van der Waals surface area contributed by atoms with Gasteiger partial charge in [-0.3, -0.25) is 9.59 Å². The van der Waals surface area contributed by atoms with Crippen molar-refractivity contribution in [2.45, 2.75) is 52.2 Å². The highest BCUT2D eigenvalue weighted by Gasteiger charge is 2.42. The maximum absolute atomic E-state index is 12.5. The van der Waals surface area contributed by atoms with Gasteiger partial charge in [-0.1, -0.05) is 0 Å². The minimum atomic E-state index is -0.563. The van der Waals surface area contributed by atoms with Gasteiger partial charge in [0, 0.05) is 22.4 Å².